The maximum absolute atomic E-state index is 6.56. The second-order valence-electron chi connectivity index (χ2n) is 17.5. The van der Waals surface area contributed by atoms with Crippen molar-refractivity contribution in [2.75, 3.05) is 50.1 Å². The van der Waals surface area contributed by atoms with Crippen molar-refractivity contribution in [2.45, 2.75) is 124 Å². The van der Waals surface area contributed by atoms with Gasteiger partial charge in [-0.1, -0.05) is 44.2 Å². The van der Waals surface area contributed by atoms with Crippen molar-refractivity contribution in [3.05, 3.63) is 59.2 Å². The van der Waals surface area contributed by atoms with Gasteiger partial charge in [-0.05, 0) is 93.3 Å². The number of para-hydroxylation sites is 1. The average Bonchev–Trinajstić information content (AvgIpc) is 3.94. The minimum absolute atomic E-state index is 0.0507. The van der Waals surface area contributed by atoms with Gasteiger partial charge in [-0.3, -0.25) is 9.80 Å². The Balaban J connectivity index is 1.09. The molecule has 2 aromatic carbocycles. The van der Waals surface area contributed by atoms with Crippen LogP contribution in [0.15, 0.2) is 42.5 Å². The molecule has 0 radical (unpaired) electrons. The Morgan fingerprint density at radius 1 is 0.739 bits per heavy atom. The highest BCUT2D eigenvalue weighted by Gasteiger charge is 2.79. The van der Waals surface area contributed by atoms with Gasteiger partial charge in [-0.25, -0.2) is 0 Å². The molecule has 0 aromatic heterocycles. The Labute approximate surface area is 274 Å². The van der Waals surface area contributed by atoms with E-state index in [2.05, 4.69) is 90.0 Å². The van der Waals surface area contributed by atoms with Gasteiger partial charge >= 0.3 is 0 Å². The zero-order valence-electron chi connectivity index (χ0n) is 28.2. The summed E-state index contributed by atoms with van der Waals surface area (Å²) in [6.07, 6.45) is 12.0. The second kappa shape index (κ2) is 8.01. The first-order valence-corrected chi connectivity index (χ1v) is 18.9. The Hall–Kier alpha value is -2.12. The van der Waals surface area contributed by atoms with E-state index in [4.69, 9.17) is 9.47 Å². The minimum Gasteiger partial charge on any atom is -0.370 e. The van der Waals surface area contributed by atoms with Gasteiger partial charge < -0.3 is 19.3 Å². The van der Waals surface area contributed by atoms with E-state index in [-0.39, 0.29) is 21.8 Å². The monoisotopic (exact) mass is 618 g/mol. The fourth-order valence-electron chi connectivity index (χ4n) is 15.6. The predicted octanol–water partition coefficient (Wildman–Crippen LogP) is 5.42. The Morgan fingerprint density at radius 2 is 1.46 bits per heavy atom. The molecule has 242 valence electrons. The number of fused-ring (bicyclic) bond motifs is 6. The molecule has 0 amide bonds. The summed E-state index contributed by atoms with van der Waals surface area (Å²) in [5.41, 5.74) is 8.66. The van der Waals surface area contributed by atoms with Gasteiger partial charge in [0, 0.05) is 78.3 Å². The van der Waals surface area contributed by atoms with E-state index in [0.29, 0.717) is 48.0 Å². The Bertz CT molecular complexity index is 1710. The molecule has 12 unspecified atom stereocenters. The third-order valence-corrected chi connectivity index (χ3v) is 17.1. The molecular weight excluding hydrogens is 568 g/mol. The van der Waals surface area contributed by atoms with Crippen LogP contribution in [0.3, 0.4) is 0 Å². The van der Waals surface area contributed by atoms with Gasteiger partial charge in [0.2, 0.25) is 0 Å². The number of rotatable bonds is 3. The van der Waals surface area contributed by atoms with Crippen LogP contribution in [-0.2, 0) is 25.8 Å². The van der Waals surface area contributed by atoms with Crippen LogP contribution in [0.1, 0.15) is 81.9 Å². The van der Waals surface area contributed by atoms with Crippen LogP contribution >= 0.6 is 0 Å². The number of benzene rings is 2. The van der Waals surface area contributed by atoms with E-state index in [1.165, 1.54) is 75.8 Å². The van der Waals surface area contributed by atoms with Crippen molar-refractivity contribution in [3.63, 3.8) is 0 Å². The van der Waals surface area contributed by atoms with Crippen molar-refractivity contribution < 1.29 is 9.47 Å². The lowest BCUT2D eigenvalue weighted by Crippen LogP contribution is -2.70. The second-order valence-corrected chi connectivity index (χ2v) is 17.5. The summed E-state index contributed by atoms with van der Waals surface area (Å²) in [5.74, 6) is 0. The fraction of sp³-hybridized carbons (Fsp3) is 0.700. The van der Waals surface area contributed by atoms with E-state index in [0.717, 1.165) is 13.1 Å². The van der Waals surface area contributed by atoms with Gasteiger partial charge in [0.05, 0.1) is 30.0 Å². The molecule has 8 heterocycles. The predicted molar refractivity (Wildman–Crippen MR) is 180 cm³/mol. The molecule has 0 N–H and O–H groups in total. The van der Waals surface area contributed by atoms with E-state index in [1.807, 2.05) is 0 Å². The van der Waals surface area contributed by atoms with Gasteiger partial charge in [0.15, 0.2) is 0 Å². The highest BCUT2D eigenvalue weighted by atomic mass is 16.6. The first-order valence-electron chi connectivity index (χ1n) is 18.9. The van der Waals surface area contributed by atoms with Crippen molar-refractivity contribution in [1.82, 2.24) is 9.80 Å². The van der Waals surface area contributed by atoms with Crippen LogP contribution in [0.5, 0.6) is 0 Å². The van der Waals surface area contributed by atoms with Gasteiger partial charge in [0.25, 0.3) is 0 Å². The third kappa shape index (κ3) is 2.48. The SMILES string of the molecule is CCC12CCC3N(C)c4ccc(C56CCC7(CC)C8OC8CN8CCC5(c5ccccc5N6C)C87)cc4C34CCN(CC3OC31)C24. The largest absolute Gasteiger partial charge is 0.370 e. The van der Waals surface area contributed by atoms with Crippen LogP contribution in [0.4, 0.5) is 11.4 Å². The van der Waals surface area contributed by atoms with E-state index >= 15 is 0 Å². The van der Waals surface area contributed by atoms with Crippen LogP contribution in [0.2, 0.25) is 0 Å². The summed E-state index contributed by atoms with van der Waals surface area (Å²) in [4.78, 5) is 11.4. The standard InChI is InChI=1S/C40H50N4O2/c1-5-36-14-13-31-38(17-19-43(34(36)38)22-29-32(36)45-29)26-21-24(11-12-27(26)41(31)3)40-16-15-37(6-2)33-30(46-33)23-44-20-18-39(40,35(37)44)25-9-7-8-10-28(25)42(40)4/h7-12,21,29-35H,5-6,13-20,22-23H2,1-4H3. The first-order chi connectivity index (χ1) is 22.4. The fourth-order valence-corrected chi connectivity index (χ4v) is 15.6. The Kier molecular flexibility index (Phi) is 4.67. The number of nitrogens with zero attached hydrogens (tertiary/aromatic N) is 4. The molecule has 12 rings (SSSR count). The van der Waals surface area contributed by atoms with Gasteiger partial charge in [-0.2, -0.15) is 0 Å². The van der Waals surface area contributed by atoms with Crippen LogP contribution in [-0.4, -0.2) is 92.6 Å². The first kappa shape index (κ1) is 26.8. The normalized spacial score (nSPS) is 51.4. The number of piperidine rings is 2. The van der Waals surface area contributed by atoms with Crippen molar-refractivity contribution in [3.8, 4) is 0 Å². The lowest BCUT2D eigenvalue weighted by molar-refractivity contribution is -0.0534. The van der Waals surface area contributed by atoms with E-state index < -0.39 is 0 Å². The summed E-state index contributed by atoms with van der Waals surface area (Å²) >= 11 is 0. The molecule has 0 bridgehead atoms. The lowest BCUT2D eigenvalue weighted by atomic mass is 9.46. The smallest absolute Gasteiger partial charge is 0.0974 e. The zero-order chi connectivity index (χ0) is 30.6. The van der Waals surface area contributed by atoms with Crippen molar-refractivity contribution in [1.29, 1.82) is 0 Å². The van der Waals surface area contributed by atoms with Crippen LogP contribution in [0.25, 0.3) is 0 Å². The molecule has 6 heteroatoms. The highest BCUT2D eigenvalue weighted by molar-refractivity contribution is 5.74. The molecule has 8 aliphatic heterocycles. The molecule has 12 atom stereocenters. The zero-order valence-corrected chi connectivity index (χ0v) is 28.2. The average molecular weight is 619 g/mol. The number of ether oxygens (including phenoxy) is 2. The van der Waals surface area contributed by atoms with Crippen LogP contribution < -0.4 is 9.80 Å². The molecule has 2 aliphatic carbocycles. The van der Waals surface area contributed by atoms with E-state index in [1.54, 1.807) is 16.7 Å². The molecule has 6 nitrogen and oxygen atoms in total. The molecule has 6 saturated heterocycles. The molecule has 8 fully saturated rings. The van der Waals surface area contributed by atoms with Gasteiger partial charge in [-0.15, -0.1) is 0 Å². The molecular formula is C40H50N4O2. The molecule has 10 aliphatic rings. The molecule has 46 heavy (non-hydrogen) atoms. The molecule has 2 spiro atoms. The van der Waals surface area contributed by atoms with Crippen molar-refractivity contribution >= 4 is 11.4 Å². The topological polar surface area (TPSA) is 38.0 Å². The highest BCUT2D eigenvalue weighted by Crippen LogP contribution is 2.75. The maximum Gasteiger partial charge on any atom is 0.0974 e. The van der Waals surface area contributed by atoms with Gasteiger partial charge in [0.1, 0.15) is 0 Å². The van der Waals surface area contributed by atoms with E-state index in [9.17, 15) is 0 Å². The minimum atomic E-state index is -0.0507. The number of likely N-dealkylation sites (N-methyl/N-ethyl adjacent to an activating group) is 2. The summed E-state index contributed by atoms with van der Waals surface area (Å²) < 4.78 is 13.1. The summed E-state index contributed by atoms with van der Waals surface area (Å²) in [5, 5.41) is 0. The van der Waals surface area contributed by atoms with Crippen LogP contribution in [0, 0.1) is 10.8 Å². The number of hydrogen-bond donors (Lipinski definition) is 0. The quantitative estimate of drug-likeness (QED) is 0.428. The summed E-state index contributed by atoms with van der Waals surface area (Å²) in [7, 11) is 4.88. The number of hydrogen-bond acceptors (Lipinski definition) is 6. The molecule has 2 aromatic rings. The lowest BCUT2D eigenvalue weighted by Gasteiger charge is -2.63. The third-order valence-electron chi connectivity index (χ3n) is 17.1. The van der Waals surface area contributed by atoms with Crippen molar-refractivity contribution in [2.24, 2.45) is 10.8 Å². The Morgan fingerprint density at radius 3 is 2.24 bits per heavy atom. The number of epoxide rings is 2. The summed E-state index contributed by atoms with van der Waals surface area (Å²) in [6, 6.07) is 19.3. The number of anilines is 2. The maximum atomic E-state index is 6.56. The molecule has 2 saturated carbocycles. The summed E-state index contributed by atoms with van der Waals surface area (Å²) in [6.45, 7) is 9.65.